The first-order valence-corrected chi connectivity index (χ1v) is 14.1. The Morgan fingerprint density at radius 3 is 2.85 bits per heavy atom. The van der Waals surface area contributed by atoms with Crippen molar-refractivity contribution >= 4 is 11.9 Å². The second-order valence-corrected chi connectivity index (χ2v) is 11.2. The van der Waals surface area contributed by atoms with E-state index < -0.39 is 5.41 Å². The van der Waals surface area contributed by atoms with E-state index in [9.17, 15) is 4.79 Å². The molecule has 39 heavy (non-hydrogen) atoms. The van der Waals surface area contributed by atoms with Gasteiger partial charge in [0.25, 0.3) is 0 Å². The summed E-state index contributed by atoms with van der Waals surface area (Å²) >= 11 is 0. The number of ether oxygens (including phenoxy) is 2. The van der Waals surface area contributed by atoms with Crippen LogP contribution in [0, 0.1) is 25.2 Å². The van der Waals surface area contributed by atoms with Crippen molar-refractivity contribution in [1.82, 2.24) is 15.3 Å². The van der Waals surface area contributed by atoms with E-state index in [0.29, 0.717) is 38.7 Å². The molecular formula is C32H40N4O3. The molecular weight excluding hydrogens is 488 g/mol. The van der Waals surface area contributed by atoms with E-state index in [0.717, 1.165) is 42.1 Å². The molecule has 2 aromatic carbocycles. The van der Waals surface area contributed by atoms with Gasteiger partial charge in [0.15, 0.2) is 0 Å². The maximum absolute atomic E-state index is 12.6. The summed E-state index contributed by atoms with van der Waals surface area (Å²) in [4.78, 5) is 24.4. The maximum Gasteiger partial charge on any atom is 0.312 e. The number of fused-ring (bicyclic) bond motifs is 1. The SMILES string of the molecule is CCOC(=O)[C@@]1(C)CCN(c2nccc(-c3cc(C)ccc3OCc3ccc4c(c3C)CCNC4)n2)C[C@@H]1C. The van der Waals surface area contributed by atoms with Gasteiger partial charge in [0.2, 0.25) is 5.95 Å². The Labute approximate surface area is 232 Å². The molecule has 3 heterocycles. The van der Waals surface area contributed by atoms with Crippen LogP contribution in [0.1, 0.15) is 55.0 Å². The van der Waals surface area contributed by atoms with Crippen LogP contribution in [0.4, 0.5) is 5.95 Å². The van der Waals surface area contributed by atoms with Crippen molar-refractivity contribution in [1.29, 1.82) is 0 Å². The fourth-order valence-corrected chi connectivity index (χ4v) is 5.76. The van der Waals surface area contributed by atoms with Gasteiger partial charge < -0.3 is 19.7 Å². The second-order valence-electron chi connectivity index (χ2n) is 11.2. The standard InChI is InChI=1S/C32H40N4O3/c1-6-38-30(37)32(5)13-16-36(19-22(32)3)31-34-15-12-28(35-31)27-17-21(2)7-10-29(27)39-20-25-9-8-24-18-33-14-11-26(24)23(25)4/h7-10,12,15,17,22,33H,6,11,13-14,16,18-20H2,1-5H3/t22-,32-/m0/s1. The molecule has 0 unspecified atom stereocenters. The molecule has 7 heteroatoms. The van der Waals surface area contributed by atoms with E-state index in [4.69, 9.17) is 14.5 Å². The molecule has 1 N–H and O–H groups in total. The number of benzene rings is 2. The Morgan fingerprint density at radius 2 is 2.05 bits per heavy atom. The topological polar surface area (TPSA) is 76.6 Å². The van der Waals surface area contributed by atoms with Crippen molar-refractivity contribution in [2.24, 2.45) is 11.3 Å². The van der Waals surface area contributed by atoms with Crippen LogP contribution in [0.25, 0.3) is 11.3 Å². The van der Waals surface area contributed by atoms with Crippen LogP contribution >= 0.6 is 0 Å². The number of aromatic nitrogens is 2. The minimum Gasteiger partial charge on any atom is -0.488 e. The van der Waals surface area contributed by atoms with Crippen LogP contribution < -0.4 is 15.0 Å². The maximum atomic E-state index is 12.6. The average molecular weight is 529 g/mol. The molecule has 2 atom stereocenters. The molecule has 0 saturated carbocycles. The molecule has 3 aromatic rings. The minimum absolute atomic E-state index is 0.112. The van der Waals surface area contributed by atoms with Gasteiger partial charge in [-0.2, -0.15) is 0 Å². The van der Waals surface area contributed by atoms with Gasteiger partial charge in [0.05, 0.1) is 17.7 Å². The first-order chi connectivity index (χ1) is 18.8. The lowest BCUT2D eigenvalue weighted by atomic mass is 9.72. The number of aryl methyl sites for hydroxylation is 1. The normalized spacial score (nSPS) is 20.8. The van der Waals surface area contributed by atoms with Gasteiger partial charge in [-0.3, -0.25) is 4.79 Å². The number of esters is 1. The number of hydrogen-bond acceptors (Lipinski definition) is 7. The third kappa shape index (κ3) is 5.50. The third-order valence-electron chi connectivity index (χ3n) is 8.62. The van der Waals surface area contributed by atoms with Crippen LogP contribution in [0.15, 0.2) is 42.6 Å². The van der Waals surface area contributed by atoms with Gasteiger partial charge >= 0.3 is 5.97 Å². The van der Waals surface area contributed by atoms with E-state index in [1.165, 1.54) is 22.3 Å². The van der Waals surface area contributed by atoms with Gasteiger partial charge in [-0.25, -0.2) is 9.97 Å². The van der Waals surface area contributed by atoms with Crippen molar-refractivity contribution in [3.8, 4) is 17.0 Å². The largest absolute Gasteiger partial charge is 0.488 e. The molecule has 0 radical (unpaired) electrons. The molecule has 5 rings (SSSR count). The summed E-state index contributed by atoms with van der Waals surface area (Å²) in [6, 6.07) is 12.6. The summed E-state index contributed by atoms with van der Waals surface area (Å²) < 4.78 is 11.8. The zero-order valence-electron chi connectivity index (χ0n) is 23.8. The molecule has 1 fully saturated rings. The zero-order chi connectivity index (χ0) is 27.6. The number of carbonyl (C=O) groups is 1. The van der Waals surface area contributed by atoms with Crippen LogP contribution in [0.5, 0.6) is 5.75 Å². The molecule has 2 aliphatic heterocycles. The highest BCUT2D eigenvalue weighted by Crippen LogP contribution is 2.39. The smallest absolute Gasteiger partial charge is 0.312 e. The summed E-state index contributed by atoms with van der Waals surface area (Å²) in [6.45, 7) is 14.5. The monoisotopic (exact) mass is 528 g/mol. The first-order valence-electron chi connectivity index (χ1n) is 14.1. The lowest BCUT2D eigenvalue weighted by Gasteiger charge is -2.42. The Kier molecular flexibility index (Phi) is 7.89. The Bertz CT molecular complexity index is 1360. The molecule has 1 saturated heterocycles. The number of hydrogen-bond donors (Lipinski definition) is 1. The van der Waals surface area contributed by atoms with Crippen molar-refractivity contribution in [3.05, 3.63) is 70.4 Å². The molecule has 1 aromatic heterocycles. The molecule has 2 aliphatic rings. The number of anilines is 1. The van der Waals surface area contributed by atoms with Gasteiger partial charge in [0.1, 0.15) is 12.4 Å². The van der Waals surface area contributed by atoms with Gasteiger partial charge in [-0.05, 0) is 93.5 Å². The van der Waals surface area contributed by atoms with Crippen molar-refractivity contribution in [2.75, 3.05) is 31.1 Å². The van der Waals surface area contributed by atoms with E-state index in [1.807, 2.05) is 32.2 Å². The molecule has 0 spiro atoms. The highest BCUT2D eigenvalue weighted by atomic mass is 16.5. The predicted octanol–water partition coefficient (Wildman–Crippen LogP) is 5.40. The second kappa shape index (κ2) is 11.3. The molecule has 0 bridgehead atoms. The van der Waals surface area contributed by atoms with Crippen LogP contribution in [-0.2, 0) is 29.1 Å². The number of nitrogens with one attached hydrogen (secondary N) is 1. The quantitative estimate of drug-likeness (QED) is 0.412. The number of carbonyl (C=O) groups excluding carboxylic acids is 1. The van der Waals surface area contributed by atoms with Crippen molar-refractivity contribution in [3.63, 3.8) is 0 Å². The molecule has 206 valence electrons. The first kappa shape index (κ1) is 27.1. The zero-order valence-corrected chi connectivity index (χ0v) is 23.8. The summed E-state index contributed by atoms with van der Waals surface area (Å²) in [6.07, 6.45) is 3.58. The van der Waals surface area contributed by atoms with Gasteiger partial charge in [-0.1, -0.05) is 30.7 Å². The molecule has 0 aliphatic carbocycles. The number of piperidine rings is 1. The number of nitrogens with zero attached hydrogens (tertiary/aromatic N) is 3. The molecule has 7 nitrogen and oxygen atoms in total. The van der Waals surface area contributed by atoms with E-state index in [1.54, 1.807) is 0 Å². The van der Waals surface area contributed by atoms with E-state index in [2.05, 4.69) is 60.2 Å². The van der Waals surface area contributed by atoms with Crippen LogP contribution in [0.2, 0.25) is 0 Å². The Balaban J connectivity index is 1.36. The highest BCUT2D eigenvalue weighted by molar-refractivity contribution is 5.77. The fourth-order valence-electron chi connectivity index (χ4n) is 5.76. The summed E-state index contributed by atoms with van der Waals surface area (Å²) in [5.41, 5.74) is 7.84. The van der Waals surface area contributed by atoms with Crippen LogP contribution in [-0.4, -0.2) is 42.2 Å². The Morgan fingerprint density at radius 1 is 1.21 bits per heavy atom. The van der Waals surface area contributed by atoms with Gasteiger partial charge in [-0.15, -0.1) is 0 Å². The molecule has 0 amide bonds. The van der Waals surface area contributed by atoms with Crippen molar-refractivity contribution in [2.45, 2.75) is 60.6 Å². The lowest BCUT2D eigenvalue weighted by molar-refractivity contribution is -0.158. The third-order valence-corrected chi connectivity index (χ3v) is 8.62. The summed E-state index contributed by atoms with van der Waals surface area (Å²) in [7, 11) is 0. The summed E-state index contributed by atoms with van der Waals surface area (Å²) in [5.74, 6) is 1.49. The van der Waals surface area contributed by atoms with Crippen LogP contribution in [0.3, 0.4) is 0 Å². The van der Waals surface area contributed by atoms with E-state index >= 15 is 0 Å². The minimum atomic E-state index is -0.493. The Hall–Kier alpha value is -3.45. The van der Waals surface area contributed by atoms with Gasteiger partial charge in [0, 0.05) is 31.4 Å². The lowest BCUT2D eigenvalue weighted by Crippen LogP contribution is -2.50. The number of rotatable bonds is 7. The van der Waals surface area contributed by atoms with Crippen molar-refractivity contribution < 1.29 is 14.3 Å². The van der Waals surface area contributed by atoms with E-state index in [-0.39, 0.29) is 11.9 Å². The summed E-state index contributed by atoms with van der Waals surface area (Å²) in [5, 5.41) is 3.45. The predicted molar refractivity (Wildman–Crippen MR) is 154 cm³/mol. The highest BCUT2D eigenvalue weighted by Gasteiger charge is 2.44. The fraction of sp³-hybridized carbons (Fsp3) is 0.469. The average Bonchev–Trinajstić information content (AvgIpc) is 2.95.